The molecule has 1 aromatic carbocycles. The van der Waals surface area contributed by atoms with Crippen molar-refractivity contribution >= 4 is 23.4 Å². The maximum Gasteiger partial charge on any atom is 0.200 e. The van der Waals surface area contributed by atoms with Crippen LogP contribution in [0.1, 0.15) is 25.5 Å². The SMILES string of the molecule is CC(C)n1c(SCc2ccc(F)cc2Cl)nnc1-c1ccco1. The van der Waals surface area contributed by atoms with Crippen LogP contribution in [0, 0.1) is 5.82 Å². The lowest BCUT2D eigenvalue weighted by Gasteiger charge is -2.12. The van der Waals surface area contributed by atoms with Gasteiger partial charge in [-0.05, 0) is 43.7 Å². The van der Waals surface area contributed by atoms with Gasteiger partial charge in [-0.2, -0.15) is 0 Å². The molecule has 0 bridgehead atoms. The highest BCUT2D eigenvalue weighted by Crippen LogP contribution is 2.31. The van der Waals surface area contributed by atoms with E-state index in [1.54, 1.807) is 12.3 Å². The number of thioether (sulfide) groups is 1. The number of furan rings is 1. The molecule has 0 N–H and O–H groups in total. The Balaban J connectivity index is 1.86. The van der Waals surface area contributed by atoms with E-state index in [0.29, 0.717) is 22.4 Å². The van der Waals surface area contributed by atoms with Crippen LogP contribution in [-0.2, 0) is 5.75 Å². The highest BCUT2D eigenvalue weighted by atomic mass is 35.5. The van der Waals surface area contributed by atoms with Gasteiger partial charge in [-0.3, -0.25) is 4.57 Å². The normalized spacial score (nSPS) is 11.3. The third-order valence-corrected chi connectivity index (χ3v) is 4.64. The van der Waals surface area contributed by atoms with Crippen LogP contribution in [0.2, 0.25) is 5.02 Å². The summed E-state index contributed by atoms with van der Waals surface area (Å²) in [6.07, 6.45) is 1.61. The van der Waals surface area contributed by atoms with Crippen LogP contribution < -0.4 is 0 Å². The second-order valence-electron chi connectivity index (χ2n) is 5.27. The molecular formula is C16H15ClFN3OS. The average molecular weight is 352 g/mol. The molecule has 0 saturated carbocycles. The maximum absolute atomic E-state index is 13.1. The fourth-order valence-electron chi connectivity index (χ4n) is 2.20. The number of halogens is 2. The van der Waals surface area contributed by atoms with E-state index in [1.807, 2.05) is 16.7 Å². The monoisotopic (exact) mass is 351 g/mol. The van der Waals surface area contributed by atoms with Crippen LogP contribution >= 0.6 is 23.4 Å². The first-order chi connectivity index (χ1) is 11.1. The van der Waals surface area contributed by atoms with E-state index < -0.39 is 0 Å². The minimum Gasteiger partial charge on any atom is -0.461 e. The standard InChI is InChI=1S/C16H15ClFN3OS/c1-10(2)21-15(14-4-3-7-22-14)19-20-16(21)23-9-11-5-6-12(18)8-13(11)17/h3-8,10H,9H2,1-2H3. The number of benzene rings is 1. The Kier molecular flexibility index (Phi) is 4.73. The molecule has 3 aromatic rings. The Labute approximate surface area is 142 Å². The lowest BCUT2D eigenvalue weighted by atomic mass is 10.2. The fraction of sp³-hybridized carbons (Fsp3) is 0.250. The molecule has 120 valence electrons. The van der Waals surface area contributed by atoms with Gasteiger partial charge in [0.25, 0.3) is 0 Å². The van der Waals surface area contributed by atoms with Crippen molar-refractivity contribution in [3.05, 3.63) is 53.0 Å². The van der Waals surface area contributed by atoms with Gasteiger partial charge >= 0.3 is 0 Å². The zero-order valence-corrected chi connectivity index (χ0v) is 14.2. The molecule has 0 amide bonds. The van der Waals surface area contributed by atoms with Crippen molar-refractivity contribution in [1.29, 1.82) is 0 Å². The summed E-state index contributed by atoms with van der Waals surface area (Å²) < 4.78 is 20.6. The summed E-state index contributed by atoms with van der Waals surface area (Å²) in [6.45, 7) is 4.12. The number of hydrogen-bond donors (Lipinski definition) is 0. The third-order valence-electron chi connectivity index (χ3n) is 3.29. The zero-order chi connectivity index (χ0) is 16.4. The first kappa shape index (κ1) is 16.1. The van der Waals surface area contributed by atoms with E-state index in [9.17, 15) is 4.39 Å². The van der Waals surface area contributed by atoms with E-state index in [-0.39, 0.29) is 11.9 Å². The Morgan fingerprint density at radius 1 is 1.30 bits per heavy atom. The fourth-order valence-corrected chi connectivity index (χ4v) is 3.58. The average Bonchev–Trinajstić information content (AvgIpc) is 3.15. The van der Waals surface area contributed by atoms with Crippen LogP contribution in [0.4, 0.5) is 4.39 Å². The summed E-state index contributed by atoms with van der Waals surface area (Å²) >= 11 is 7.58. The first-order valence-electron chi connectivity index (χ1n) is 7.11. The molecule has 3 rings (SSSR count). The summed E-state index contributed by atoms with van der Waals surface area (Å²) in [5, 5.41) is 9.67. The zero-order valence-electron chi connectivity index (χ0n) is 12.7. The van der Waals surface area contributed by atoms with Crippen molar-refractivity contribution < 1.29 is 8.81 Å². The molecular weight excluding hydrogens is 337 g/mol. The largest absolute Gasteiger partial charge is 0.461 e. The number of hydrogen-bond acceptors (Lipinski definition) is 4. The molecule has 2 heterocycles. The molecule has 0 atom stereocenters. The summed E-state index contributed by atoms with van der Waals surface area (Å²) in [7, 11) is 0. The highest BCUT2D eigenvalue weighted by molar-refractivity contribution is 7.98. The maximum atomic E-state index is 13.1. The van der Waals surface area contributed by atoms with E-state index in [4.69, 9.17) is 16.0 Å². The summed E-state index contributed by atoms with van der Waals surface area (Å²) in [5.41, 5.74) is 0.857. The predicted molar refractivity (Wildman–Crippen MR) is 89.1 cm³/mol. The van der Waals surface area contributed by atoms with Crippen LogP contribution in [-0.4, -0.2) is 14.8 Å². The van der Waals surface area contributed by atoms with Gasteiger partial charge in [0, 0.05) is 16.8 Å². The number of rotatable bonds is 5. The molecule has 0 saturated heterocycles. The van der Waals surface area contributed by atoms with E-state index in [2.05, 4.69) is 24.0 Å². The molecule has 2 aromatic heterocycles. The second kappa shape index (κ2) is 6.76. The topological polar surface area (TPSA) is 43.9 Å². The van der Waals surface area contributed by atoms with Gasteiger partial charge in [-0.25, -0.2) is 4.39 Å². The molecule has 0 aliphatic heterocycles. The van der Waals surface area contributed by atoms with Gasteiger partial charge < -0.3 is 4.42 Å². The molecule has 0 aliphatic rings. The number of nitrogens with zero attached hydrogens (tertiary/aromatic N) is 3. The number of aromatic nitrogens is 3. The van der Waals surface area contributed by atoms with Crippen LogP contribution in [0.3, 0.4) is 0 Å². The second-order valence-corrected chi connectivity index (χ2v) is 6.62. The van der Waals surface area contributed by atoms with Crippen molar-refractivity contribution in [2.75, 3.05) is 0 Å². The van der Waals surface area contributed by atoms with Crippen LogP contribution in [0.15, 0.2) is 46.2 Å². The minimum atomic E-state index is -0.339. The third kappa shape index (κ3) is 3.43. The molecule has 0 fully saturated rings. The van der Waals surface area contributed by atoms with Gasteiger partial charge in [0.05, 0.1) is 6.26 Å². The Hall–Kier alpha value is -1.79. The Bertz CT molecular complexity index is 802. The van der Waals surface area contributed by atoms with Crippen molar-refractivity contribution in [2.24, 2.45) is 0 Å². The van der Waals surface area contributed by atoms with Gasteiger partial charge in [0.2, 0.25) is 5.82 Å². The highest BCUT2D eigenvalue weighted by Gasteiger charge is 2.18. The molecule has 23 heavy (non-hydrogen) atoms. The Morgan fingerprint density at radius 2 is 2.13 bits per heavy atom. The molecule has 0 unspecified atom stereocenters. The lowest BCUT2D eigenvalue weighted by molar-refractivity contribution is 0.529. The van der Waals surface area contributed by atoms with Crippen molar-refractivity contribution in [1.82, 2.24) is 14.8 Å². The van der Waals surface area contributed by atoms with Crippen LogP contribution in [0.5, 0.6) is 0 Å². The van der Waals surface area contributed by atoms with Crippen LogP contribution in [0.25, 0.3) is 11.6 Å². The quantitative estimate of drug-likeness (QED) is 0.592. The molecule has 7 heteroatoms. The van der Waals surface area contributed by atoms with Gasteiger partial charge in [0.15, 0.2) is 10.9 Å². The van der Waals surface area contributed by atoms with Crippen molar-refractivity contribution in [2.45, 2.75) is 30.8 Å². The van der Waals surface area contributed by atoms with Gasteiger partial charge in [-0.1, -0.05) is 29.4 Å². The molecule has 4 nitrogen and oxygen atoms in total. The minimum absolute atomic E-state index is 0.177. The summed E-state index contributed by atoms with van der Waals surface area (Å²) in [6, 6.07) is 8.26. The Morgan fingerprint density at radius 3 is 2.78 bits per heavy atom. The van der Waals surface area contributed by atoms with Crippen molar-refractivity contribution in [3.63, 3.8) is 0 Å². The van der Waals surface area contributed by atoms with Gasteiger partial charge in [0.1, 0.15) is 5.82 Å². The van der Waals surface area contributed by atoms with E-state index in [0.717, 1.165) is 10.7 Å². The molecule has 0 spiro atoms. The summed E-state index contributed by atoms with van der Waals surface area (Å²) in [4.78, 5) is 0. The smallest absolute Gasteiger partial charge is 0.200 e. The van der Waals surface area contributed by atoms with Gasteiger partial charge in [-0.15, -0.1) is 10.2 Å². The van der Waals surface area contributed by atoms with Crippen molar-refractivity contribution in [3.8, 4) is 11.6 Å². The summed E-state index contributed by atoms with van der Waals surface area (Å²) in [5.74, 6) is 1.62. The lowest BCUT2D eigenvalue weighted by Crippen LogP contribution is -2.04. The molecule has 0 aliphatic carbocycles. The van der Waals surface area contributed by atoms with E-state index >= 15 is 0 Å². The molecule has 0 radical (unpaired) electrons. The predicted octanol–water partition coefficient (Wildman–Crippen LogP) is 5.20. The van der Waals surface area contributed by atoms with E-state index in [1.165, 1.54) is 23.9 Å². The first-order valence-corrected chi connectivity index (χ1v) is 8.48.